The highest BCUT2D eigenvalue weighted by atomic mass is 79.9. The molecular weight excluding hydrogens is 604 g/mol. The molecule has 0 fully saturated rings. The van der Waals surface area contributed by atoms with Gasteiger partial charge >= 0.3 is 0 Å². The minimum Gasteiger partial charge on any atom is -0.506 e. The number of thiazole rings is 1. The van der Waals surface area contributed by atoms with Gasteiger partial charge < -0.3 is 9.84 Å². The molecule has 6 rings (SSSR count). The molecule has 0 radical (unpaired) electrons. The number of methoxy groups -OCH3 is 1. The van der Waals surface area contributed by atoms with Crippen molar-refractivity contribution in [3.8, 4) is 11.5 Å². The first kappa shape index (κ1) is 23.5. The van der Waals surface area contributed by atoms with E-state index in [2.05, 4.69) is 50.1 Å². The Bertz CT molecular complexity index is 1750. The van der Waals surface area contributed by atoms with Gasteiger partial charge in [0.1, 0.15) is 11.5 Å². The topological polar surface area (TPSA) is 63.8 Å². The minimum absolute atomic E-state index is 0.0848. The van der Waals surface area contributed by atoms with Crippen LogP contribution in [0.25, 0.3) is 11.8 Å². The Balaban J connectivity index is 1.64. The number of hydrogen-bond donors (Lipinski definition) is 1. The van der Waals surface area contributed by atoms with Crippen LogP contribution in [0, 0.1) is 0 Å². The number of hydrogen-bond acceptors (Lipinski definition) is 5. The van der Waals surface area contributed by atoms with Crippen LogP contribution in [-0.2, 0) is 6.42 Å². The SMILES string of the molecule is COc1cccc([C@H]2C3=C(N=c4s/c(=C/c5cc(Br)cc(Br)c5O)c(=O)n42)c2ccccc2CC3)c1. The van der Waals surface area contributed by atoms with Gasteiger partial charge in [0.05, 0.1) is 27.9 Å². The predicted molar refractivity (Wildman–Crippen MR) is 149 cm³/mol. The maximum absolute atomic E-state index is 13.9. The molecule has 8 heteroatoms. The third kappa shape index (κ3) is 3.88. The highest BCUT2D eigenvalue weighted by molar-refractivity contribution is 9.11. The lowest BCUT2D eigenvalue weighted by atomic mass is 9.83. The van der Waals surface area contributed by atoms with Crippen molar-refractivity contribution in [2.45, 2.75) is 18.9 Å². The molecule has 0 saturated carbocycles. The van der Waals surface area contributed by atoms with E-state index in [0.717, 1.165) is 45.5 Å². The molecule has 3 aromatic carbocycles. The second kappa shape index (κ2) is 9.18. The van der Waals surface area contributed by atoms with E-state index in [1.807, 2.05) is 30.3 Å². The average Bonchev–Trinajstić information content (AvgIpc) is 3.20. The quantitative estimate of drug-likeness (QED) is 0.325. The molecule has 1 N–H and O–H groups in total. The second-order valence-corrected chi connectivity index (χ2v) is 11.5. The molecule has 2 heterocycles. The van der Waals surface area contributed by atoms with Gasteiger partial charge in [-0.05, 0) is 75.8 Å². The first-order valence-electron chi connectivity index (χ1n) is 11.4. The molecule has 0 unspecified atom stereocenters. The number of benzene rings is 3. The molecule has 0 spiro atoms. The lowest BCUT2D eigenvalue weighted by Gasteiger charge is -2.31. The Morgan fingerprint density at radius 3 is 2.78 bits per heavy atom. The van der Waals surface area contributed by atoms with Crippen LogP contribution in [0.3, 0.4) is 0 Å². The van der Waals surface area contributed by atoms with Gasteiger partial charge in [-0.2, -0.15) is 0 Å². The summed E-state index contributed by atoms with van der Waals surface area (Å²) in [5, 5.41) is 10.6. The van der Waals surface area contributed by atoms with Crippen LogP contribution >= 0.6 is 43.2 Å². The van der Waals surface area contributed by atoms with Crippen molar-refractivity contribution < 1.29 is 9.84 Å². The van der Waals surface area contributed by atoms with E-state index in [9.17, 15) is 9.90 Å². The summed E-state index contributed by atoms with van der Waals surface area (Å²) in [4.78, 5) is 19.6. The Morgan fingerprint density at radius 2 is 1.94 bits per heavy atom. The Kier molecular flexibility index (Phi) is 5.98. The molecule has 0 bridgehead atoms. The summed E-state index contributed by atoms with van der Waals surface area (Å²) in [6, 6.07) is 19.5. The summed E-state index contributed by atoms with van der Waals surface area (Å²) >= 11 is 8.18. The smallest absolute Gasteiger partial charge is 0.271 e. The van der Waals surface area contributed by atoms with Crippen molar-refractivity contribution in [2.75, 3.05) is 7.11 Å². The van der Waals surface area contributed by atoms with Crippen LogP contribution in [0.15, 0.2) is 85.0 Å². The van der Waals surface area contributed by atoms with Gasteiger partial charge in [0.15, 0.2) is 4.80 Å². The summed E-state index contributed by atoms with van der Waals surface area (Å²) in [6.07, 6.45) is 3.45. The van der Waals surface area contributed by atoms with E-state index < -0.39 is 0 Å². The number of phenols is 1. The number of allylic oxidation sites excluding steroid dienone is 1. The molecule has 0 saturated heterocycles. The fraction of sp³-hybridized carbons (Fsp3) is 0.143. The highest BCUT2D eigenvalue weighted by Crippen LogP contribution is 2.41. The van der Waals surface area contributed by atoms with E-state index >= 15 is 0 Å². The van der Waals surface area contributed by atoms with Crippen LogP contribution in [0.5, 0.6) is 11.5 Å². The number of phenolic OH excluding ortho intramolecular Hbond substituents is 1. The normalized spacial score (nSPS) is 16.8. The number of aromatic hydroxyl groups is 1. The van der Waals surface area contributed by atoms with Crippen LogP contribution in [-0.4, -0.2) is 16.8 Å². The molecule has 4 aromatic rings. The Morgan fingerprint density at radius 1 is 1.11 bits per heavy atom. The zero-order valence-corrected chi connectivity index (χ0v) is 23.2. The number of halogens is 2. The van der Waals surface area contributed by atoms with Crippen LogP contribution in [0.1, 0.15) is 34.7 Å². The molecule has 2 aliphatic rings. The molecule has 1 aliphatic heterocycles. The fourth-order valence-electron chi connectivity index (χ4n) is 4.97. The van der Waals surface area contributed by atoms with Crippen molar-refractivity contribution in [1.29, 1.82) is 0 Å². The number of nitrogens with zero attached hydrogens (tertiary/aromatic N) is 2. The molecule has 0 amide bonds. The van der Waals surface area contributed by atoms with Crippen LogP contribution in [0.4, 0.5) is 0 Å². The van der Waals surface area contributed by atoms with Gasteiger partial charge in [-0.3, -0.25) is 9.36 Å². The Hall–Kier alpha value is -2.94. The first-order valence-corrected chi connectivity index (χ1v) is 13.8. The van der Waals surface area contributed by atoms with Crippen molar-refractivity contribution in [2.24, 2.45) is 4.99 Å². The van der Waals surface area contributed by atoms with Crippen molar-refractivity contribution in [1.82, 2.24) is 4.57 Å². The van der Waals surface area contributed by atoms with Gasteiger partial charge in [-0.25, -0.2) is 4.99 Å². The van der Waals surface area contributed by atoms with E-state index in [1.165, 1.54) is 16.9 Å². The van der Waals surface area contributed by atoms with Crippen molar-refractivity contribution >= 4 is 55.0 Å². The molecule has 1 aliphatic carbocycles. The summed E-state index contributed by atoms with van der Waals surface area (Å²) in [7, 11) is 1.65. The molecular formula is C28H20Br2N2O3S. The van der Waals surface area contributed by atoms with Gasteiger partial charge in [-0.1, -0.05) is 63.7 Å². The fourth-order valence-corrected chi connectivity index (χ4v) is 7.22. The lowest BCUT2D eigenvalue weighted by molar-refractivity contribution is 0.413. The summed E-state index contributed by atoms with van der Waals surface area (Å²) in [5.41, 5.74) is 5.88. The van der Waals surface area contributed by atoms with Crippen molar-refractivity contribution in [3.05, 3.63) is 117 Å². The third-order valence-electron chi connectivity index (χ3n) is 6.63. The zero-order valence-electron chi connectivity index (χ0n) is 19.2. The van der Waals surface area contributed by atoms with Crippen LogP contribution < -0.4 is 19.6 Å². The van der Waals surface area contributed by atoms with E-state index in [0.29, 0.717) is 19.4 Å². The number of fused-ring (bicyclic) bond motifs is 3. The molecule has 36 heavy (non-hydrogen) atoms. The predicted octanol–water partition coefficient (Wildman–Crippen LogP) is 5.56. The van der Waals surface area contributed by atoms with E-state index in [1.54, 1.807) is 29.9 Å². The van der Waals surface area contributed by atoms with Gasteiger partial charge in [0.2, 0.25) is 0 Å². The van der Waals surface area contributed by atoms with Crippen LogP contribution in [0.2, 0.25) is 0 Å². The van der Waals surface area contributed by atoms with E-state index in [-0.39, 0.29) is 17.4 Å². The van der Waals surface area contributed by atoms with E-state index in [4.69, 9.17) is 9.73 Å². The molecule has 1 aromatic heterocycles. The largest absolute Gasteiger partial charge is 0.506 e. The second-order valence-electron chi connectivity index (χ2n) is 8.72. The first-order chi connectivity index (χ1) is 17.4. The number of ether oxygens (including phenoxy) is 1. The maximum atomic E-state index is 13.9. The molecule has 5 nitrogen and oxygen atoms in total. The molecule has 180 valence electrons. The number of aryl methyl sites for hydroxylation is 1. The summed E-state index contributed by atoms with van der Waals surface area (Å²) < 4.78 is 9.16. The Labute approximate surface area is 228 Å². The monoisotopic (exact) mass is 622 g/mol. The van der Waals surface area contributed by atoms with Gasteiger partial charge in [0.25, 0.3) is 5.56 Å². The highest BCUT2D eigenvalue weighted by Gasteiger charge is 2.32. The number of aromatic nitrogens is 1. The van der Waals surface area contributed by atoms with Gasteiger partial charge in [-0.15, -0.1) is 0 Å². The standard InChI is InChI=1S/C28H20Br2N2O3S/c1-35-19-7-4-6-16(12-19)25-21-10-9-15-5-2-3-8-20(15)24(21)31-28-32(25)27(34)23(36-28)13-17-11-18(29)14-22(30)26(17)33/h2-8,11-14,25,33H,9-10H2,1H3/b23-13+/t25-/m0/s1. The average molecular weight is 624 g/mol. The molecule has 1 atom stereocenters. The summed E-state index contributed by atoms with van der Waals surface area (Å²) in [6.45, 7) is 0. The maximum Gasteiger partial charge on any atom is 0.271 e. The third-order valence-corrected chi connectivity index (χ3v) is 8.67. The number of rotatable bonds is 3. The minimum atomic E-state index is -0.287. The van der Waals surface area contributed by atoms with Crippen molar-refractivity contribution in [3.63, 3.8) is 0 Å². The lowest BCUT2D eigenvalue weighted by Crippen LogP contribution is -2.38. The summed E-state index contributed by atoms with van der Waals surface area (Å²) in [5.74, 6) is 0.829. The zero-order chi connectivity index (χ0) is 25.0. The van der Waals surface area contributed by atoms with Gasteiger partial charge in [0, 0.05) is 15.6 Å².